The third-order valence-corrected chi connectivity index (χ3v) is 6.68. The Morgan fingerprint density at radius 1 is 0.793 bits per heavy atom. The van der Waals surface area contributed by atoms with E-state index in [9.17, 15) is 8.42 Å². The summed E-state index contributed by atoms with van der Waals surface area (Å²) in [5.74, 6) is 1.76. The summed E-state index contributed by atoms with van der Waals surface area (Å²) in [6.45, 7) is 0. The number of hydrogen-bond donors (Lipinski definition) is 0. The third kappa shape index (κ3) is 3.53. The lowest BCUT2D eigenvalue weighted by atomic mass is 9.94. The standard InChI is InChI=1S/C23H24O5S/c1-26-20-11-16(12-21(27-2)22(20)28-3)19-14-23(9-10-23)13-18(19)15-5-7-17(8-6-15)29(4,24)25/h5-8,11-14H,9-10H2,1-4H3. The van der Waals surface area contributed by atoms with Crippen molar-refractivity contribution in [1.29, 1.82) is 0 Å². The molecule has 0 aliphatic heterocycles. The zero-order valence-electron chi connectivity index (χ0n) is 17.0. The maximum absolute atomic E-state index is 11.8. The van der Waals surface area contributed by atoms with Crippen LogP contribution >= 0.6 is 0 Å². The smallest absolute Gasteiger partial charge is 0.203 e. The SMILES string of the molecule is COc1cc(C2=CC3(C=C2c2ccc(S(C)(=O)=O)cc2)CC3)cc(OC)c1OC. The number of ether oxygens (including phenoxy) is 3. The van der Waals surface area contributed by atoms with Crippen molar-refractivity contribution in [2.45, 2.75) is 17.7 Å². The minimum Gasteiger partial charge on any atom is -0.493 e. The van der Waals surface area contributed by atoms with Gasteiger partial charge in [-0.25, -0.2) is 8.42 Å². The normalized spacial score (nSPS) is 17.0. The highest BCUT2D eigenvalue weighted by atomic mass is 32.2. The van der Waals surface area contributed by atoms with E-state index < -0.39 is 9.84 Å². The highest BCUT2D eigenvalue weighted by Crippen LogP contribution is 2.58. The number of allylic oxidation sites excluding steroid dienone is 4. The van der Waals surface area contributed by atoms with Crippen molar-refractivity contribution >= 4 is 21.0 Å². The molecule has 0 saturated heterocycles. The van der Waals surface area contributed by atoms with E-state index in [0.29, 0.717) is 22.1 Å². The van der Waals surface area contributed by atoms with Gasteiger partial charge in [0.25, 0.3) is 0 Å². The second-order valence-corrected chi connectivity index (χ2v) is 9.58. The molecule has 2 aromatic rings. The Morgan fingerprint density at radius 3 is 1.72 bits per heavy atom. The van der Waals surface area contributed by atoms with Gasteiger partial charge in [-0.3, -0.25) is 0 Å². The van der Waals surface area contributed by atoms with Crippen molar-refractivity contribution in [3.05, 3.63) is 59.7 Å². The zero-order chi connectivity index (χ0) is 20.8. The van der Waals surface area contributed by atoms with Crippen LogP contribution in [0, 0.1) is 5.41 Å². The molecule has 5 nitrogen and oxygen atoms in total. The molecule has 0 bridgehead atoms. The molecule has 1 fully saturated rings. The highest BCUT2D eigenvalue weighted by molar-refractivity contribution is 7.90. The fraction of sp³-hybridized carbons (Fsp3) is 0.304. The summed E-state index contributed by atoms with van der Waals surface area (Å²) in [6.07, 6.45) is 8.05. The van der Waals surface area contributed by atoms with Crippen molar-refractivity contribution in [2.75, 3.05) is 27.6 Å². The summed E-state index contributed by atoms with van der Waals surface area (Å²) < 4.78 is 40.1. The van der Waals surface area contributed by atoms with E-state index >= 15 is 0 Å². The summed E-state index contributed by atoms with van der Waals surface area (Å²) in [6, 6.07) is 11.0. The molecule has 0 heterocycles. The minimum absolute atomic E-state index is 0.0978. The van der Waals surface area contributed by atoms with Gasteiger partial charge in [-0.1, -0.05) is 24.3 Å². The largest absolute Gasteiger partial charge is 0.493 e. The van der Waals surface area contributed by atoms with Crippen LogP contribution in [0.25, 0.3) is 11.1 Å². The van der Waals surface area contributed by atoms with E-state index in [0.717, 1.165) is 35.1 Å². The van der Waals surface area contributed by atoms with Gasteiger partial charge in [-0.05, 0) is 59.4 Å². The molecular formula is C23H24O5S. The van der Waals surface area contributed by atoms with Gasteiger partial charge in [-0.2, -0.15) is 0 Å². The first-order valence-corrected chi connectivity index (χ1v) is 11.3. The predicted octanol–water partition coefficient (Wildman–Crippen LogP) is 4.38. The van der Waals surface area contributed by atoms with Gasteiger partial charge in [0.2, 0.25) is 5.75 Å². The molecule has 4 rings (SSSR count). The number of methoxy groups -OCH3 is 3. The molecule has 6 heteroatoms. The quantitative estimate of drug-likeness (QED) is 0.705. The molecule has 0 atom stereocenters. The first-order chi connectivity index (χ1) is 13.8. The predicted molar refractivity (Wildman–Crippen MR) is 113 cm³/mol. The Labute approximate surface area is 171 Å². The molecule has 0 radical (unpaired) electrons. The third-order valence-electron chi connectivity index (χ3n) is 5.55. The molecule has 0 unspecified atom stereocenters. The molecule has 0 amide bonds. The van der Waals surface area contributed by atoms with Crippen molar-refractivity contribution in [1.82, 2.24) is 0 Å². The summed E-state index contributed by atoms with van der Waals surface area (Å²) >= 11 is 0. The topological polar surface area (TPSA) is 61.8 Å². The van der Waals surface area contributed by atoms with E-state index in [4.69, 9.17) is 14.2 Å². The van der Waals surface area contributed by atoms with Gasteiger partial charge < -0.3 is 14.2 Å². The summed E-state index contributed by atoms with van der Waals surface area (Å²) in [5, 5.41) is 0. The first-order valence-electron chi connectivity index (χ1n) is 9.37. The van der Waals surface area contributed by atoms with Crippen molar-refractivity contribution in [3.63, 3.8) is 0 Å². The Hall–Kier alpha value is -2.73. The Balaban J connectivity index is 1.81. The van der Waals surface area contributed by atoms with Crippen LogP contribution in [-0.2, 0) is 9.84 Å². The van der Waals surface area contributed by atoms with Crippen molar-refractivity contribution in [2.24, 2.45) is 5.41 Å². The monoisotopic (exact) mass is 412 g/mol. The van der Waals surface area contributed by atoms with Gasteiger partial charge in [0, 0.05) is 11.7 Å². The maximum atomic E-state index is 11.8. The number of sulfone groups is 1. The molecule has 0 N–H and O–H groups in total. The first kappa shape index (κ1) is 19.6. The van der Waals surface area contributed by atoms with Gasteiger partial charge in [0.05, 0.1) is 26.2 Å². The van der Waals surface area contributed by atoms with E-state index in [1.807, 2.05) is 24.3 Å². The Morgan fingerprint density at radius 2 is 1.31 bits per heavy atom. The second-order valence-electron chi connectivity index (χ2n) is 7.56. The molecule has 29 heavy (non-hydrogen) atoms. The van der Waals surface area contributed by atoms with E-state index in [1.54, 1.807) is 33.5 Å². The van der Waals surface area contributed by atoms with Gasteiger partial charge >= 0.3 is 0 Å². The molecule has 0 aromatic heterocycles. The average molecular weight is 413 g/mol. The fourth-order valence-corrected chi connectivity index (χ4v) is 4.43. The fourth-order valence-electron chi connectivity index (χ4n) is 3.80. The maximum Gasteiger partial charge on any atom is 0.203 e. The lowest BCUT2D eigenvalue weighted by Crippen LogP contribution is -1.98. The molecule has 152 valence electrons. The average Bonchev–Trinajstić information content (AvgIpc) is 3.36. The van der Waals surface area contributed by atoms with Crippen LogP contribution in [0.4, 0.5) is 0 Å². The van der Waals surface area contributed by atoms with E-state index in [-0.39, 0.29) is 5.41 Å². The van der Waals surface area contributed by atoms with Crippen LogP contribution in [0.5, 0.6) is 17.2 Å². The summed E-state index contributed by atoms with van der Waals surface area (Å²) in [5.41, 5.74) is 4.24. The van der Waals surface area contributed by atoms with Crippen LogP contribution in [0.2, 0.25) is 0 Å². The van der Waals surface area contributed by atoms with E-state index in [2.05, 4.69) is 12.2 Å². The lowest BCUT2D eigenvalue weighted by molar-refractivity contribution is 0.324. The summed E-state index contributed by atoms with van der Waals surface area (Å²) in [4.78, 5) is 0.319. The Kier molecular flexibility index (Phi) is 4.69. The van der Waals surface area contributed by atoms with Crippen LogP contribution in [-0.4, -0.2) is 36.0 Å². The molecular weight excluding hydrogens is 388 g/mol. The van der Waals surface area contributed by atoms with Gasteiger partial charge in [-0.15, -0.1) is 0 Å². The highest BCUT2D eigenvalue weighted by Gasteiger charge is 2.43. The zero-order valence-corrected chi connectivity index (χ0v) is 17.8. The van der Waals surface area contributed by atoms with Gasteiger partial charge in [0.1, 0.15) is 0 Å². The molecule has 2 aliphatic rings. The van der Waals surface area contributed by atoms with Gasteiger partial charge in [0.15, 0.2) is 21.3 Å². The Bertz CT molecular complexity index is 1100. The van der Waals surface area contributed by atoms with Crippen LogP contribution in [0.1, 0.15) is 24.0 Å². The number of rotatable bonds is 6. The van der Waals surface area contributed by atoms with Crippen LogP contribution < -0.4 is 14.2 Å². The van der Waals surface area contributed by atoms with Crippen molar-refractivity contribution in [3.8, 4) is 17.2 Å². The van der Waals surface area contributed by atoms with Crippen molar-refractivity contribution < 1.29 is 22.6 Å². The lowest BCUT2D eigenvalue weighted by Gasteiger charge is -2.16. The molecule has 1 spiro atoms. The summed E-state index contributed by atoms with van der Waals surface area (Å²) in [7, 11) is 1.57. The molecule has 2 aliphatic carbocycles. The molecule has 1 saturated carbocycles. The van der Waals surface area contributed by atoms with Crippen LogP contribution in [0.15, 0.2) is 53.4 Å². The minimum atomic E-state index is -3.23. The van der Waals surface area contributed by atoms with Crippen LogP contribution in [0.3, 0.4) is 0 Å². The number of benzene rings is 2. The van der Waals surface area contributed by atoms with E-state index in [1.165, 1.54) is 6.26 Å². The molecule has 2 aromatic carbocycles. The number of hydrogen-bond acceptors (Lipinski definition) is 5. The second kappa shape index (κ2) is 6.95.